The topological polar surface area (TPSA) is 75.4 Å². The van der Waals surface area contributed by atoms with Gasteiger partial charge < -0.3 is 5.73 Å². The highest BCUT2D eigenvalue weighted by Crippen LogP contribution is 2.34. The Morgan fingerprint density at radius 3 is 2.80 bits per heavy atom. The molecule has 20 heavy (non-hydrogen) atoms. The molecule has 0 spiro atoms. The normalized spacial score (nSPS) is 23.5. The third-order valence-corrected chi connectivity index (χ3v) is 5.28. The molecule has 0 saturated carbocycles. The smallest absolute Gasteiger partial charge is 0.243 e. The van der Waals surface area contributed by atoms with Crippen LogP contribution in [0, 0.1) is 0 Å². The molecular weight excluding hydrogens is 342 g/mol. The Balaban J connectivity index is 2.35. The Morgan fingerprint density at radius 1 is 1.55 bits per heavy atom. The number of carbonyl (C=O) groups excluding carboxylic acids is 2. The van der Waals surface area contributed by atoms with Gasteiger partial charge in [0.15, 0.2) is 0 Å². The second-order valence-corrected chi connectivity index (χ2v) is 7.41. The van der Waals surface area contributed by atoms with Crippen molar-refractivity contribution in [3.8, 4) is 0 Å². The summed E-state index contributed by atoms with van der Waals surface area (Å²) in [7, 11) is 0. The molecule has 3 unspecified atom stereocenters. The number of imide groups is 1. The quantitative estimate of drug-likeness (QED) is 0.801. The molecule has 0 radical (unpaired) electrons. The standard InChI is InChI=1S/C13H18BrN3O2S/c1-3-8(15)12(9-4-5-10(14)20-9)17-6-11(18)16-13(19)7(17)2/h4-5,7-8,12H,3,6,15H2,1-2H3,(H,16,18,19). The molecule has 0 bridgehead atoms. The largest absolute Gasteiger partial charge is 0.326 e. The lowest BCUT2D eigenvalue weighted by atomic mass is 9.99. The van der Waals surface area contributed by atoms with Gasteiger partial charge in [0.1, 0.15) is 0 Å². The Kier molecular flexibility index (Phi) is 4.95. The van der Waals surface area contributed by atoms with Crippen LogP contribution in [-0.2, 0) is 9.59 Å². The van der Waals surface area contributed by atoms with E-state index in [4.69, 9.17) is 5.73 Å². The van der Waals surface area contributed by atoms with Crippen molar-refractivity contribution in [2.24, 2.45) is 5.73 Å². The number of hydrogen-bond acceptors (Lipinski definition) is 5. The minimum atomic E-state index is -0.365. The molecule has 0 aromatic carbocycles. The highest BCUT2D eigenvalue weighted by Gasteiger charge is 2.38. The molecule has 5 nitrogen and oxygen atoms in total. The molecule has 1 fully saturated rings. The van der Waals surface area contributed by atoms with E-state index in [0.29, 0.717) is 0 Å². The Hall–Kier alpha value is -0.760. The monoisotopic (exact) mass is 359 g/mol. The van der Waals surface area contributed by atoms with Gasteiger partial charge in [0.25, 0.3) is 0 Å². The van der Waals surface area contributed by atoms with Crippen molar-refractivity contribution in [1.82, 2.24) is 10.2 Å². The van der Waals surface area contributed by atoms with Crippen LogP contribution >= 0.6 is 27.3 Å². The van der Waals surface area contributed by atoms with Crippen molar-refractivity contribution >= 4 is 39.1 Å². The zero-order chi connectivity index (χ0) is 14.9. The maximum atomic E-state index is 11.8. The SMILES string of the molecule is CCC(N)C(c1ccc(Br)s1)N1CC(=O)NC(=O)C1C. The Morgan fingerprint density at radius 2 is 2.25 bits per heavy atom. The van der Waals surface area contributed by atoms with Crippen LogP contribution in [-0.4, -0.2) is 35.3 Å². The average Bonchev–Trinajstić information content (AvgIpc) is 2.81. The van der Waals surface area contributed by atoms with Gasteiger partial charge in [0, 0.05) is 10.9 Å². The third-order valence-electron chi connectivity index (χ3n) is 3.59. The first kappa shape index (κ1) is 15.6. The highest BCUT2D eigenvalue weighted by atomic mass is 79.9. The van der Waals surface area contributed by atoms with E-state index in [0.717, 1.165) is 15.1 Å². The molecule has 2 amide bonds. The lowest BCUT2D eigenvalue weighted by Crippen LogP contribution is -2.59. The molecule has 3 atom stereocenters. The summed E-state index contributed by atoms with van der Waals surface area (Å²) >= 11 is 5.04. The van der Waals surface area contributed by atoms with Crippen molar-refractivity contribution in [1.29, 1.82) is 0 Å². The molecule has 1 aromatic heterocycles. The van der Waals surface area contributed by atoms with Crippen LogP contribution in [0.15, 0.2) is 15.9 Å². The van der Waals surface area contributed by atoms with Crippen LogP contribution in [0.3, 0.4) is 0 Å². The Labute approximate surface area is 130 Å². The van der Waals surface area contributed by atoms with Crippen LogP contribution in [0.25, 0.3) is 0 Å². The number of rotatable bonds is 4. The number of piperazine rings is 1. The zero-order valence-corrected chi connectivity index (χ0v) is 13.8. The van der Waals surface area contributed by atoms with E-state index in [1.807, 2.05) is 24.0 Å². The second-order valence-electron chi connectivity index (χ2n) is 4.92. The Bertz CT molecular complexity index is 519. The van der Waals surface area contributed by atoms with E-state index in [2.05, 4.69) is 21.2 Å². The first-order valence-corrected chi connectivity index (χ1v) is 8.15. The van der Waals surface area contributed by atoms with E-state index in [9.17, 15) is 9.59 Å². The van der Waals surface area contributed by atoms with Crippen LogP contribution in [0.4, 0.5) is 0 Å². The minimum absolute atomic E-state index is 0.123. The summed E-state index contributed by atoms with van der Waals surface area (Å²) in [6, 6.07) is 3.35. The molecule has 1 aliphatic rings. The van der Waals surface area contributed by atoms with Gasteiger partial charge in [-0.3, -0.25) is 19.8 Å². The number of nitrogens with one attached hydrogen (secondary N) is 1. The molecule has 2 heterocycles. The summed E-state index contributed by atoms with van der Waals surface area (Å²) in [6.07, 6.45) is 0.777. The molecule has 7 heteroatoms. The molecule has 0 aliphatic carbocycles. The second kappa shape index (κ2) is 6.34. The fourth-order valence-corrected chi connectivity index (χ4v) is 4.03. The number of thiophene rings is 1. The van der Waals surface area contributed by atoms with Gasteiger partial charge in [-0.25, -0.2) is 0 Å². The third kappa shape index (κ3) is 3.11. The summed E-state index contributed by atoms with van der Waals surface area (Å²) in [6.45, 7) is 4.01. The van der Waals surface area contributed by atoms with Crippen LogP contribution in [0.2, 0.25) is 0 Å². The van der Waals surface area contributed by atoms with Gasteiger partial charge in [-0.05, 0) is 41.4 Å². The number of nitrogens with zero attached hydrogens (tertiary/aromatic N) is 1. The molecule has 110 valence electrons. The van der Waals surface area contributed by atoms with Crippen molar-refractivity contribution in [3.63, 3.8) is 0 Å². The van der Waals surface area contributed by atoms with Gasteiger partial charge in [0.2, 0.25) is 11.8 Å². The van der Waals surface area contributed by atoms with E-state index < -0.39 is 0 Å². The molecular formula is C13H18BrN3O2S. The molecule has 1 aromatic rings. The van der Waals surface area contributed by atoms with Gasteiger partial charge in [-0.1, -0.05) is 6.92 Å². The number of halogens is 1. The van der Waals surface area contributed by atoms with Crippen LogP contribution < -0.4 is 11.1 Å². The molecule has 1 saturated heterocycles. The lowest BCUT2D eigenvalue weighted by molar-refractivity contribution is -0.141. The number of amides is 2. The van der Waals surface area contributed by atoms with Crippen LogP contribution in [0.1, 0.15) is 31.2 Å². The highest BCUT2D eigenvalue weighted by molar-refractivity contribution is 9.11. The summed E-state index contributed by atoms with van der Waals surface area (Å²) in [5.74, 6) is -0.526. The van der Waals surface area contributed by atoms with Crippen LogP contribution in [0.5, 0.6) is 0 Å². The first-order chi connectivity index (χ1) is 9.43. The summed E-state index contributed by atoms with van der Waals surface area (Å²) in [5.41, 5.74) is 6.25. The average molecular weight is 360 g/mol. The molecule has 2 rings (SSSR count). The summed E-state index contributed by atoms with van der Waals surface area (Å²) < 4.78 is 1.02. The predicted molar refractivity (Wildman–Crippen MR) is 82.3 cm³/mol. The number of nitrogens with two attached hydrogens (primary N) is 1. The number of hydrogen-bond donors (Lipinski definition) is 2. The van der Waals surface area contributed by atoms with Crippen molar-refractivity contribution in [2.75, 3.05) is 6.54 Å². The maximum Gasteiger partial charge on any atom is 0.243 e. The van der Waals surface area contributed by atoms with E-state index in [1.165, 1.54) is 0 Å². The maximum absolute atomic E-state index is 11.8. The van der Waals surface area contributed by atoms with E-state index in [1.54, 1.807) is 18.3 Å². The number of carbonyl (C=O) groups is 2. The molecule has 3 N–H and O–H groups in total. The first-order valence-electron chi connectivity index (χ1n) is 6.54. The van der Waals surface area contributed by atoms with Crippen molar-refractivity contribution in [2.45, 2.75) is 38.4 Å². The summed E-state index contributed by atoms with van der Waals surface area (Å²) in [4.78, 5) is 26.5. The van der Waals surface area contributed by atoms with E-state index >= 15 is 0 Å². The fraction of sp³-hybridized carbons (Fsp3) is 0.538. The lowest BCUT2D eigenvalue weighted by Gasteiger charge is -2.40. The fourth-order valence-electron chi connectivity index (χ4n) is 2.40. The van der Waals surface area contributed by atoms with E-state index in [-0.39, 0.29) is 36.5 Å². The van der Waals surface area contributed by atoms with Crippen molar-refractivity contribution in [3.05, 3.63) is 20.8 Å². The van der Waals surface area contributed by atoms with Crippen molar-refractivity contribution < 1.29 is 9.59 Å². The van der Waals surface area contributed by atoms with Gasteiger partial charge in [-0.15, -0.1) is 11.3 Å². The summed E-state index contributed by atoms with van der Waals surface area (Å²) in [5, 5.41) is 2.36. The predicted octanol–water partition coefficient (Wildman–Crippen LogP) is 1.64. The minimum Gasteiger partial charge on any atom is -0.326 e. The zero-order valence-electron chi connectivity index (χ0n) is 11.4. The van der Waals surface area contributed by atoms with Gasteiger partial charge in [0.05, 0.1) is 22.4 Å². The van der Waals surface area contributed by atoms with Gasteiger partial charge >= 0.3 is 0 Å². The molecule has 1 aliphatic heterocycles. The van der Waals surface area contributed by atoms with Gasteiger partial charge in [-0.2, -0.15) is 0 Å².